The van der Waals surface area contributed by atoms with E-state index < -0.39 is 15.1 Å². The van der Waals surface area contributed by atoms with Gasteiger partial charge in [0.05, 0.1) is 16.4 Å². The molecule has 0 aliphatic carbocycles. The van der Waals surface area contributed by atoms with Gasteiger partial charge in [0.15, 0.2) is 9.84 Å². The largest absolute Gasteiger partial charge is 0.494 e. The Morgan fingerprint density at radius 1 is 1.00 bits per heavy atom. The van der Waals surface area contributed by atoms with Crippen LogP contribution in [-0.4, -0.2) is 13.7 Å². The van der Waals surface area contributed by atoms with Gasteiger partial charge in [0.2, 0.25) is 0 Å². The van der Waals surface area contributed by atoms with E-state index in [2.05, 4.69) is 0 Å². The van der Waals surface area contributed by atoms with Gasteiger partial charge < -0.3 is 4.74 Å². The molecule has 2 atom stereocenters. The molecule has 0 spiro atoms. The van der Waals surface area contributed by atoms with Crippen LogP contribution in [0.1, 0.15) is 23.7 Å². The van der Waals surface area contributed by atoms with E-state index in [1.807, 2.05) is 49.4 Å². The first-order valence-electron chi connectivity index (χ1n) is 7.25. The van der Waals surface area contributed by atoms with E-state index in [0.717, 1.165) is 11.1 Å². The highest BCUT2D eigenvalue weighted by molar-refractivity contribution is 7.92. The Kier molecular flexibility index (Phi) is 4.03. The van der Waals surface area contributed by atoms with Crippen LogP contribution in [0.15, 0.2) is 71.8 Å². The van der Waals surface area contributed by atoms with E-state index in [1.165, 1.54) is 6.26 Å². The molecule has 0 fully saturated rings. The van der Waals surface area contributed by atoms with E-state index >= 15 is 0 Å². The summed E-state index contributed by atoms with van der Waals surface area (Å²) in [4.78, 5) is 0.362. The highest BCUT2D eigenvalue weighted by Crippen LogP contribution is 2.32. The van der Waals surface area contributed by atoms with E-state index in [-0.39, 0.29) is 6.10 Å². The quantitative estimate of drug-likeness (QED) is 0.865. The summed E-state index contributed by atoms with van der Waals surface area (Å²) in [6.45, 7) is 1.94. The normalized spacial score (nSPS) is 21.3. The SMILES string of the molecule is Cc1ccc(S(=O)(=O)[C@H]2C=CO[C@@H](c3ccccc3)C2)cc1. The fraction of sp³-hybridized carbons (Fsp3) is 0.222. The van der Waals surface area contributed by atoms with Gasteiger partial charge in [-0.15, -0.1) is 0 Å². The zero-order chi connectivity index (χ0) is 15.6. The van der Waals surface area contributed by atoms with Gasteiger partial charge in [-0.2, -0.15) is 0 Å². The lowest BCUT2D eigenvalue weighted by atomic mass is 10.0. The molecule has 22 heavy (non-hydrogen) atoms. The molecular weight excluding hydrogens is 296 g/mol. The second kappa shape index (κ2) is 5.97. The van der Waals surface area contributed by atoms with Crippen molar-refractivity contribution < 1.29 is 13.2 Å². The van der Waals surface area contributed by atoms with Gasteiger partial charge in [0, 0.05) is 6.42 Å². The van der Waals surface area contributed by atoms with Crippen LogP contribution in [0.3, 0.4) is 0 Å². The first kappa shape index (κ1) is 14.9. The molecule has 0 saturated heterocycles. The van der Waals surface area contributed by atoms with Crippen LogP contribution in [-0.2, 0) is 14.6 Å². The Bertz CT molecular complexity index is 762. The molecule has 0 saturated carbocycles. The lowest BCUT2D eigenvalue weighted by molar-refractivity contribution is 0.126. The van der Waals surface area contributed by atoms with Gasteiger partial charge in [-0.05, 0) is 30.7 Å². The summed E-state index contributed by atoms with van der Waals surface area (Å²) in [7, 11) is -3.39. The predicted octanol–water partition coefficient (Wildman–Crippen LogP) is 3.81. The number of hydrogen-bond acceptors (Lipinski definition) is 3. The fourth-order valence-corrected chi connectivity index (χ4v) is 4.15. The van der Waals surface area contributed by atoms with E-state index in [1.54, 1.807) is 18.2 Å². The zero-order valence-electron chi connectivity index (χ0n) is 12.3. The van der Waals surface area contributed by atoms with Crippen molar-refractivity contribution in [2.75, 3.05) is 0 Å². The Morgan fingerprint density at radius 3 is 2.36 bits per heavy atom. The van der Waals surface area contributed by atoms with Crippen LogP contribution in [0.4, 0.5) is 0 Å². The molecule has 114 valence electrons. The summed E-state index contributed by atoms with van der Waals surface area (Å²) in [5, 5.41) is -0.561. The molecule has 0 bridgehead atoms. The van der Waals surface area contributed by atoms with Crippen molar-refractivity contribution in [2.24, 2.45) is 0 Å². The Hall–Kier alpha value is -2.07. The van der Waals surface area contributed by atoms with Crippen LogP contribution in [0.2, 0.25) is 0 Å². The lowest BCUT2D eigenvalue weighted by Crippen LogP contribution is -2.25. The Morgan fingerprint density at radius 2 is 1.68 bits per heavy atom. The summed E-state index contributed by atoms with van der Waals surface area (Å²) < 4.78 is 31.1. The molecule has 3 rings (SSSR count). The van der Waals surface area contributed by atoms with Gasteiger partial charge in [-0.25, -0.2) is 8.42 Å². The van der Waals surface area contributed by atoms with Crippen LogP contribution in [0.25, 0.3) is 0 Å². The van der Waals surface area contributed by atoms with Crippen molar-refractivity contribution in [1.29, 1.82) is 0 Å². The van der Waals surface area contributed by atoms with Crippen LogP contribution in [0.5, 0.6) is 0 Å². The van der Waals surface area contributed by atoms with Gasteiger partial charge in [-0.3, -0.25) is 0 Å². The predicted molar refractivity (Wildman–Crippen MR) is 86.2 cm³/mol. The maximum Gasteiger partial charge on any atom is 0.185 e. The molecule has 0 unspecified atom stereocenters. The summed E-state index contributed by atoms with van der Waals surface area (Å²) in [6.07, 6.45) is 3.35. The molecule has 0 amide bonds. The average molecular weight is 314 g/mol. The minimum Gasteiger partial charge on any atom is -0.494 e. The molecule has 2 aromatic rings. The van der Waals surface area contributed by atoms with Crippen molar-refractivity contribution in [1.82, 2.24) is 0 Å². The smallest absolute Gasteiger partial charge is 0.185 e. The number of aryl methyl sites for hydroxylation is 1. The standard InChI is InChI=1S/C18H18O3S/c1-14-7-9-16(10-8-14)22(19,20)17-11-12-21-18(13-17)15-5-3-2-4-6-15/h2-12,17-18H,13H2,1H3/t17-,18+/m0/s1. The maximum absolute atomic E-state index is 12.8. The van der Waals surface area contributed by atoms with Gasteiger partial charge >= 0.3 is 0 Å². The average Bonchev–Trinajstić information content (AvgIpc) is 2.56. The van der Waals surface area contributed by atoms with Crippen molar-refractivity contribution in [2.45, 2.75) is 29.6 Å². The fourth-order valence-electron chi connectivity index (χ4n) is 2.59. The first-order valence-corrected chi connectivity index (χ1v) is 8.79. The Balaban J connectivity index is 1.87. The van der Waals surface area contributed by atoms with Crippen molar-refractivity contribution in [3.63, 3.8) is 0 Å². The maximum atomic E-state index is 12.8. The van der Waals surface area contributed by atoms with Crippen LogP contribution < -0.4 is 0 Å². The van der Waals surface area contributed by atoms with Crippen LogP contribution in [0, 0.1) is 6.92 Å². The number of sulfone groups is 1. The van der Waals surface area contributed by atoms with Gasteiger partial charge in [-0.1, -0.05) is 48.0 Å². The highest BCUT2D eigenvalue weighted by atomic mass is 32.2. The molecule has 3 nitrogen and oxygen atoms in total. The third kappa shape index (κ3) is 2.92. The molecule has 0 radical (unpaired) electrons. The second-order valence-electron chi connectivity index (χ2n) is 5.50. The van der Waals surface area contributed by atoms with E-state index in [4.69, 9.17) is 4.74 Å². The summed E-state index contributed by atoms with van der Waals surface area (Å²) >= 11 is 0. The lowest BCUT2D eigenvalue weighted by Gasteiger charge is -2.25. The van der Waals surface area contributed by atoms with E-state index in [9.17, 15) is 8.42 Å². The second-order valence-corrected chi connectivity index (χ2v) is 7.66. The minimum atomic E-state index is -3.39. The number of rotatable bonds is 3. The topological polar surface area (TPSA) is 43.4 Å². The van der Waals surface area contributed by atoms with Gasteiger partial charge in [0.1, 0.15) is 6.10 Å². The molecule has 0 N–H and O–H groups in total. The minimum absolute atomic E-state index is 0.226. The van der Waals surface area contributed by atoms with Crippen molar-refractivity contribution >= 4 is 9.84 Å². The molecule has 2 aromatic carbocycles. The van der Waals surface area contributed by atoms with Crippen molar-refractivity contribution in [3.05, 3.63) is 78.1 Å². The molecule has 1 aliphatic heterocycles. The first-order chi connectivity index (χ1) is 10.6. The number of ether oxygens (including phenoxy) is 1. The Labute approximate surface area is 131 Å². The molecule has 1 aliphatic rings. The monoisotopic (exact) mass is 314 g/mol. The zero-order valence-corrected chi connectivity index (χ0v) is 13.2. The molecular formula is C18H18O3S. The summed E-state index contributed by atoms with van der Waals surface area (Å²) in [5.74, 6) is 0. The molecule has 1 heterocycles. The summed E-state index contributed by atoms with van der Waals surface area (Å²) in [5.41, 5.74) is 2.04. The number of benzene rings is 2. The summed E-state index contributed by atoms with van der Waals surface area (Å²) in [6, 6.07) is 16.7. The third-order valence-electron chi connectivity index (χ3n) is 3.90. The molecule has 0 aromatic heterocycles. The van der Waals surface area contributed by atoms with Crippen molar-refractivity contribution in [3.8, 4) is 0 Å². The highest BCUT2D eigenvalue weighted by Gasteiger charge is 2.31. The number of hydrogen-bond donors (Lipinski definition) is 0. The molecule has 4 heteroatoms. The third-order valence-corrected chi connectivity index (χ3v) is 5.98. The van der Waals surface area contributed by atoms with Gasteiger partial charge in [0.25, 0.3) is 0 Å². The van der Waals surface area contributed by atoms with Crippen LogP contribution >= 0.6 is 0 Å². The van der Waals surface area contributed by atoms with E-state index in [0.29, 0.717) is 11.3 Å².